The second kappa shape index (κ2) is 4.99. The van der Waals surface area contributed by atoms with Crippen LogP contribution in [-0.4, -0.2) is 22.5 Å². The van der Waals surface area contributed by atoms with Crippen LogP contribution in [0.1, 0.15) is 37.7 Å². The molecule has 0 saturated heterocycles. The van der Waals surface area contributed by atoms with Crippen molar-refractivity contribution < 1.29 is 14.1 Å². The van der Waals surface area contributed by atoms with Gasteiger partial charge in [-0.2, -0.15) is 0 Å². The maximum atomic E-state index is 11.8. The Kier molecular flexibility index (Phi) is 3.88. The smallest absolute Gasteiger partial charge is 0.274 e. The van der Waals surface area contributed by atoms with Gasteiger partial charge in [0.1, 0.15) is 11.8 Å². The number of hydrogen-bond donors (Lipinski definition) is 2. The maximum absolute atomic E-state index is 11.8. The van der Waals surface area contributed by atoms with Crippen LogP contribution in [0.2, 0.25) is 0 Å². The zero-order chi connectivity index (χ0) is 13.1. The second-order valence-electron chi connectivity index (χ2n) is 4.18. The number of nitrogens with zero attached hydrogens (tertiary/aromatic N) is 1. The second-order valence-corrected chi connectivity index (χ2v) is 4.18. The van der Waals surface area contributed by atoms with Crippen molar-refractivity contribution in [2.45, 2.75) is 32.7 Å². The summed E-state index contributed by atoms with van der Waals surface area (Å²) in [5, 5.41) is 6.16. The molecule has 1 atom stereocenters. The molecule has 0 bridgehead atoms. The van der Waals surface area contributed by atoms with E-state index in [1.54, 1.807) is 6.92 Å². The van der Waals surface area contributed by atoms with E-state index in [0.29, 0.717) is 6.42 Å². The van der Waals surface area contributed by atoms with Gasteiger partial charge in [0.15, 0.2) is 5.69 Å². The lowest BCUT2D eigenvalue weighted by atomic mass is 9.83. The number of rotatable bonds is 5. The Morgan fingerprint density at radius 2 is 2.24 bits per heavy atom. The molecule has 0 aliphatic carbocycles. The number of nitrogens with one attached hydrogen (secondary N) is 1. The number of carbonyl (C=O) groups is 2. The third-order valence-electron chi connectivity index (χ3n) is 2.99. The Bertz CT molecular complexity index is 400. The molecule has 2 amide bonds. The van der Waals surface area contributed by atoms with Crippen LogP contribution >= 0.6 is 0 Å². The van der Waals surface area contributed by atoms with Gasteiger partial charge in [-0.3, -0.25) is 9.59 Å². The van der Waals surface area contributed by atoms with Gasteiger partial charge in [0, 0.05) is 6.07 Å². The fourth-order valence-corrected chi connectivity index (χ4v) is 1.76. The zero-order valence-corrected chi connectivity index (χ0v) is 10.2. The SMILES string of the molecule is CC[C@](NC(=O)c1ccon1)(C(N)=O)C(C)C. The van der Waals surface area contributed by atoms with Crippen LogP contribution in [0.4, 0.5) is 0 Å². The Balaban J connectivity index is 2.95. The predicted octanol–water partition coefficient (Wildman–Crippen LogP) is 0.694. The third kappa shape index (κ3) is 2.46. The van der Waals surface area contributed by atoms with Gasteiger partial charge in [0.2, 0.25) is 5.91 Å². The van der Waals surface area contributed by atoms with Gasteiger partial charge in [0.05, 0.1) is 0 Å². The van der Waals surface area contributed by atoms with E-state index in [-0.39, 0.29) is 11.6 Å². The minimum Gasteiger partial charge on any atom is -0.368 e. The lowest BCUT2D eigenvalue weighted by Gasteiger charge is -2.34. The Labute approximate surface area is 99.5 Å². The van der Waals surface area contributed by atoms with Crippen molar-refractivity contribution in [1.29, 1.82) is 0 Å². The minimum atomic E-state index is -1.06. The largest absolute Gasteiger partial charge is 0.368 e. The molecule has 0 aliphatic rings. The molecule has 6 heteroatoms. The maximum Gasteiger partial charge on any atom is 0.274 e. The van der Waals surface area contributed by atoms with Gasteiger partial charge in [0.25, 0.3) is 5.91 Å². The van der Waals surface area contributed by atoms with Crippen molar-refractivity contribution in [3.63, 3.8) is 0 Å². The van der Waals surface area contributed by atoms with Gasteiger partial charge in [-0.15, -0.1) is 0 Å². The standard InChI is InChI=1S/C11H17N3O3/c1-4-11(7(2)3,10(12)16)13-9(15)8-5-6-17-14-8/h5-7H,4H2,1-3H3,(H2,12,16)(H,13,15)/t11-/m1/s1. The fraction of sp³-hybridized carbons (Fsp3) is 0.545. The fourth-order valence-electron chi connectivity index (χ4n) is 1.76. The number of nitrogens with two attached hydrogens (primary N) is 1. The first-order valence-corrected chi connectivity index (χ1v) is 5.46. The first kappa shape index (κ1) is 13.2. The molecule has 1 aromatic heterocycles. The molecule has 0 aliphatic heterocycles. The topological polar surface area (TPSA) is 98.2 Å². The molecule has 1 heterocycles. The molecule has 94 valence electrons. The summed E-state index contributed by atoms with van der Waals surface area (Å²) in [7, 11) is 0. The van der Waals surface area contributed by atoms with Crippen LogP contribution in [0.15, 0.2) is 16.9 Å². The molecule has 0 radical (unpaired) electrons. The first-order valence-electron chi connectivity index (χ1n) is 5.46. The molecule has 1 rings (SSSR count). The van der Waals surface area contributed by atoms with Crippen molar-refractivity contribution in [3.8, 4) is 0 Å². The molecular formula is C11H17N3O3. The van der Waals surface area contributed by atoms with Gasteiger partial charge in [-0.1, -0.05) is 25.9 Å². The Morgan fingerprint density at radius 1 is 1.59 bits per heavy atom. The molecule has 0 fully saturated rings. The number of primary amides is 1. The van der Waals surface area contributed by atoms with E-state index >= 15 is 0 Å². The van der Waals surface area contributed by atoms with E-state index in [2.05, 4.69) is 15.0 Å². The van der Waals surface area contributed by atoms with E-state index in [1.165, 1.54) is 12.3 Å². The number of hydrogen-bond acceptors (Lipinski definition) is 4. The quantitative estimate of drug-likeness (QED) is 0.789. The molecule has 1 aromatic rings. The summed E-state index contributed by atoms with van der Waals surface area (Å²) in [4.78, 5) is 23.4. The van der Waals surface area contributed by atoms with Gasteiger partial charge in [-0.05, 0) is 12.3 Å². The summed E-state index contributed by atoms with van der Waals surface area (Å²) in [5.74, 6) is -1.12. The summed E-state index contributed by atoms with van der Waals surface area (Å²) in [6.45, 7) is 5.46. The normalized spacial score (nSPS) is 14.4. The highest BCUT2D eigenvalue weighted by molar-refractivity contribution is 5.97. The third-order valence-corrected chi connectivity index (χ3v) is 2.99. The number of carbonyl (C=O) groups excluding carboxylic acids is 2. The van der Waals surface area contributed by atoms with Crippen molar-refractivity contribution in [2.75, 3.05) is 0 Å². The summed E-state index contributed by atoms with van der Waals surface area (Å²) in [5.41, 5.74) is 4.46. The Morgan fingerprint density at radius 3 is 2.59 bits per heavy atom. The summed E-state index contributed by atoms with van der Waals surface area (Å²) < 4.78 is 4.58. The van der Waals surface area contributed by atoms with Gasteiger partial charge < -0.3 is 15.6 Å². The number of amides is 2. The predicted molar refractivity (Wildman–Crippen MR) is 61.0 cm³/mol. The molecule has 0 unspecified atom stereocenters. The van der Waals surface area contributed by atoms with E-state index in [1.807, 2.05) is 13.8 Å². The molecule has 6 nitrogen and oxygen atoms in total. The summed E-state index contributed by atoms with van der Waals surface area (Å²) in [6, 6.07) is 1.43. The van der Waals surface area contributed by atoms with Crippen LogP contribution in [0, 0.1) is 5.92 Å². The molecule has 0 saturated carbocycles. The highest BCUT2D eigenvalue weighted by Crippen LogP contribution is 2.21. The van der Waals surface area contributed by atoms with Crippen LogP contribution in [-0.2, 0) is 4.79 Å². The van der Waals surface area contributed by atoms with Crippen LogP contribution in [0.5, 0.6) is 0 Å². The average Bonchev–Trinajstić information content (AvgIpc) is 2.77. The van der Waals surface area contributed by atoms with Crippen LogP contribution in [0.25, 0.3) is 0 Å². The molecule has 17 heavy (non-hydrogen) atoms. The van der Waals surface area contributed by atoms with E-state index in [4.69, 9.17) is 5.73 Å². The van der Waals surface area contributed by atoms with Crippen molar-refractivity contribution in [1.82, 2.24) is 10.5 Å². The average molecular weight is 239 g/mol. The van der Waals surface area contributed by atoms with Crippen LogP contribution < -0.4 is 11.1 Å². The lowest BCUT2D eigenvalue weighted by molar-refractivity contribution is -0.126. The lowest BCUT2D eigenvalue weighted by Crippen LogP contribution is -2.60. The van der Waals surface area contributed by atoms with E-state index < -0.39 is 17.4 Å². The van der Waals surface area contributed by atoms with Gasteiger partial charge in [-0.25, -0.2) is 0 Å². The van der Waals surface area contributed by atoms with Gasteiger partial charge >= 0.3 is 0 Å². The molecule has 0 spiro atoms. The highest BCUT2D eigenvalue weighted by Gasteiger charge is 2.40. The highest BCUT2D eigenvalue weighted by atomic mass is 16.5. The van der Waals surface area contributed by atoms with Crippen LogP contribution in [0.3, 0.4) is 0 Å². The van der Waals surface area contributed by atoms with Crippen molar-refractivity contribution >= 4 is 11.8 Å². The number of aromatic nitrogens is 1. The Hall–Kier alpha value is -1.85. The molecular weight excluding hydrogens is 222 g/mol. The van der Waals surface area contributed by atoms with Crippen molar-refractivity contribution in [3.05, 3.63) is 18.0 Å². The first-order chi connectivity index (χ1) is 7.94. The summed E-state index contributed by atoms with van der Waals surface area (Å²) in [6.07, 6.45) is 1.71. The monoisotopic (exact) mass is 239 g/mol. The van der Waals surface area contributed by atoms with Crippen molar-refractivity contribution in [2.24, 2.45) is 11.7 Å². The molecule has 3 N–H and O–H groups in total. The zero-order valence-electron chi connectivity index (χ0n) is 10.2. The molecule has 0 aromatic carbocycles. The summed E-state index contributed by atoms with van der Waals surface area (Å²) >= 11 is 0. The minimum absolute atomic E-state index is 0.110. The van der Waals surface area contributed by atoms with E-state index in [9.17, 15) is 9.59 Å². The van der Waals surface area contributed by atoms with E-state index in [0.717, 1.165) is 0 Å².